The van der Waals surface area contributed by atoms with Gasteiger partial charge in [0.25, 0.3) is 0 Å². The Morgan fingerprint density at radius 2 is 2.00 bits per heavy atom. The van der Waals surface area contributed by atoms with Gasteiger partial charge in [0, 0.05) is 12.5 Å². The summed E-state index contributed by atoms with van der Waals surface area (Å²) < 4.78 is 0. The van der Waals surface area contributed by atoms with Crippen LogP contribution in [0.4, 0.5) is 0 Å². The molecule has 1 amide bonds. The van der Waals surface area contributed by atoms with Crippen LogP contribution in [-0.4, -0.2) is 24.1 Å². The largest absolute Gasteiger partial charge is 0.387 e. The third-order valence-electron chi connectivity index (χ3n) is 4.20. The van der Waals surface area contributed by atoms with E-state index in [0.717, 1.165) is 31.2 Å². The topological polar surface area (TPSA) is 75.4 Å². The van der Waals surface area contributed by atoms with Crippen LogP contribution in [0.1, 0.15) is 37.4 Å². The number of aliphatic hydroxyl groups excluding tert-OH is 1. The summed E-state index contributed by atoms with van der Waals surface area (Å²) >= 11 is 0. The molecule has 0 bridgehead atoms. The van der Waals surface area contributed by atoms with E-state index in [0.29, 0.717) is 6.54 Å². The molecule has 0 saturated heterocycles. The SMILES string of the molecule is NCC1CCCCC1C(=O)NCC(O)c1ccccc1. The highest BCUT2D eigenvalue weighted by Crippen LogP contribution is 2.29. The van der Waals surface area contributed by atoms with Crippen LogP contribution < -0.4 is 11.1 Å². The van der Waals surface area contributed by atoms with Gasteiger partial charge in [0.05, 0.1) is 6.10 Å². The van der Waals surface area contributed by atoms with Crippen molar-refractivity contribution in [2.24, 2.45) is 17.6 Å². The van der Waals surface area contributed by atoms with Crippen molar-refractivity contribution < 1.29 is 9.90 Å². The highest BCUT2D eigenvalue weighted by Gasteiger charge is 2.29. The van der Waals surface area contributed by atoms with Gasteiger partial charge in [-0.25, -0.2) is 0 Å². The number of benzene rings is 1. The van der Waals surface area contributed by atoms with E-state index in [1.807, 2.05) is 30.3 Å². The fourth-order valence-corrected chi connectivity index (χ4v) is 2.96. The van der Waals surface area contributed by atoms with Crippen molar-refractivity contribution in [1.29, 1.82) is 0 Å². The van der Waals surface area contributed by atoms with Gasteiger partial charge in [-0.05, 0) is 30.9 Å². The first-order valence-corrected chi connectivity index (χ1v) is 7.43. The molecule has 0 aromatic heterocycles. The fraction of sp³-hybridized carbons (Fsp3) is 0.562. The second-order valence-corrected chi connectivity index (χ2v) is 5.56. The summed E-state index contributed by atoms with van der Waals surface area (Å²) in [5, 5.41) is 12.9. The molecule has 1 aliphatic carbocycles. The summed E-state index contributed by atoms with van der Waals surface area (Å²) in [5.41, 5.74) is 6.57. The third-order valence-corrected chi connectivity index (χ3v) is 4.20. The number of carbonyl (C=O) groups is 1. The maximum absolute atomic E-state index is 12.2. The molecule has 4 nitrogen and oxygen atoms in total. The molecule has 2 rings (SSSR count). The predicted octanol–water partition coefficient (Wildman–Crippen LogP) is 1.60. The molecule has 20 heavy (non-hydrogen) atoms. The maximum Gasteiger partial charge on any atom is 0.223 e. The van der Waals surface area contributed by atoms with Gasteiger partial charge in [0.15, 0.2) is 0 Å². The Morgan fingerprint density at radius 1 is 1.30 bits per heavy atom. The number of nitrogens with two attached hydrogens (primary N) is 1. The first-order chi connectivity index (χ1) is 9.72. The second kappa shape index (κ2) is 7.41. The molecule has 1 aliphatic rings. The van der Waals surface area contributed by atoms with Crippen molar-refractivity contribution in [3.8, 4) is 0 Å². The highest BCUT2D eigenvalue weighted by atomic mass is 16.3. The van der Waals surface area contributed by atoms with Gasteiger partial charge in [0.2, 0.25) is 5.91 Å². The van der Waals surface area contributed by atoms with Crippen molar-refractivity contribution in [1.82, 2.24) is 5.32 Å². The fourth-order valence-electron chi connectivity index (χ4n) is 2.96. The lowest BCUT2D eigenvalue weighted by atomic mass is 9.78. The number of rotatable bonds is 5. The van der Waals surface area contributed by atoms with Crippen molar-refractivity contribution in [2.45, 2.75) is 31.8 Å². The van der Waals surface area contributed by atoms with E-state index in [1.54, 1.807) is 0 Å². The van der Waals surface area contributed by atoms with Gasteiger partial charge in [-0.2, -0.15) is 0 Å². The lowest BCUT2D eigenvalue weighted by Crippen LogP contribution is -2.40. The van der Waals surface area contributed by atoms with Crippen LogP contribution in [0.25, 0.3) is 0 Å². The van der Waals surface area contributed by atoms with Crippen LogP contribution in [0.2, 0.25) is 0 Å². The summed E-state index contributed by atoms with van der Waals surface area (Å²) in [7, 11) is 0. The quantitative estimate of drug-likeness (QED) is 0.764. The Balaban J connectivity index is 1.85. The molecule has 4 heteroatoms. The van der Waals surface area contributed by atoms with E-state index in [1.165, 1.54) is 0 Å². The van der Waals surface area contributed by atoms with Crippen molar-refractivity contribution >= 4 is 5.91 Å². The second-order valence-electron chi connectivity index (χ2n) is 5.56. The van der Waals surface area contributed by atoms with E-state index < -0.39 is 6.10 Å². The van der Waals surface area contributed by atoms with Crippen LogP contribution in [-0.2, 0) is 4.79 Å². The molecule has 1 aromatic carbocycles. The molecule has 3 unspecified atom stereocenters. The molecule has 3 atom stereocenters. The molecule has 0 heterocycles. The first-order valence-electron chi connectivity index (χ1n) is 7.43. The Hall–Kier alpha value is -1.39. The van der Waals surface area contributed by atoms with E-state index in [-0.39, 0.29) is 24.3 Å². The lowest BCUT2D eigenvalue weighted by molar-refractivity contribution is -0.128. The average molecular weight is 276 g/mol. The Bertz CT molecular complexity index is 422. The lowest BCUT2D eigenvalue weighted by Gasteiger charge is -2.29. The Morgan fingerprint density at radius 3 is 2.70 bits per heavy atom. The summed E-state index contributed by atoms with van der Waals surface area (Å²) in [6, 6.07) is 9.39. The van der Waals surface area contributed by atoms with Crippen LogP contribution in [0.3, 0.4) is 0 Å². The van der Waals surface area contributed by atoms with Crippen molar-refractivity contribution in [2.75, 3.05) is 13.1 Å². The van der Waals surface area contributed by atoms with E-state index >= 15 is 0 Å². The normalized spacial score (nSPS) is 24.1. The summed E-state index contributed by atoms with van der Waals surface area (Å²) in [5.74, 6) is 0.337. The monoisotopic (exact) mass is 276 g/mol. The maximum atomic E-state index is 12.2. The van der Waals surface area contributed by atoms with Crippen molar-refractivity contribution in [3.63, 3.8) is 0 Å². The predicted molar refractivity (Wildman–Crippen MR) is 78.9 cm³/mol. The average Bonchev–Trinajstić information content (AvgIpc) is 2.53. The van der Waals surface area contributed by atoms with Gasteiger partial charge in [-0.1, -0.05) is 43.2 Å². The number of amides is 1. The van der Waals surface area contributed by atoms with E-state index in [4.69, 9.17) is 5.73 Å². The molecule has 110 valence electrons. The zero-order chi connectivity index (χ0) is 14.4. The van der Waals surface area contributed by atoms with Gasteiger partial charge in [-0.15, -0.1) is 0 Å². The zero-order valence-corrected chi connectivity index (χ0v) is 11.8. The minimum atomic E-state index is -0.653. The third kappa shape index (κ3) is 3.81. The van der Waals surface area contributed by atoms with Gasteiger partial charge in [0.1, 0.15) is 0 Å². The van der Waals surface area contributed by atoms with E-state index in [9.17, 15) is 9.90 Å². The van der Waals surface area contributed by atoms with Gasteiger partial charge < -0.3 is 16.2 Å². The van der Waals surface area contributed by atoms with Crippen LogP contribution in [0.5, 0.6) is 0 Å². The highest BCUT2D eigenvalue weighted by molar-refractivity contribution is 5.79. The number of carbonyl (C=O) groups excluding carboxylic acids is 1. The van der Waals surface area contributed by atoms with Crippen molar-refractivity contribution in [3.05, 3.63) is 35.9 Å². The van der Waals surface area contributed by atoms with Gasteiger partial charge >= 0.3 is 0 Å². The molecule has 0 aliphatic heterocycles. The summed E-state index contributed by atoms with van der Waals surface area (Å²) in [4.78, 5) is 12.2. The number of hydrogen-bond donors (Lipinski definition) is 3. The smallest absolute Gasteiger partial charge is 0.223 e. The van der Waals surface area contributed by atoms with E-state index in [2.05, 4.69) is 5.32 Å². The van der Waals surface area contributed by atoms with Crippen LogP contribution >= 0.6 is 0 Å². The molecule has 0 spiro atoms. The number of aliphatic hydroxyl groups is 1. The minimum absolute atomic E-state index is 0.0109. The first kappa shape index (κ1) is 15.0. The summed E-state index contributed by atoms with van der Waals surface area (Å²) in [6.45, 7) is 0.829. The zero-order valence-electron chi connectivity index (χ0n) is 11.8. The molecular weight excluding hydrogens is 252 g/mol. The molecule has 1 aromatic rings. The van der Waals surface area contributed by atoms with Gasteiger partial charge in [-0.3, -0.25) is 4.79 Å². The molecular formula is C16H24N2O2. The number of hydrogen-bond acceptors (Lipinski definition) is 3. The Kier molecular flexibility index (Phi) is 5.56. The van der Waals surface area contributed by atoms with Crippen LogP contribution in [0, 0.1) is 11.8 Å². The minimum Gasteiger partial charge on any atom is -0.387 e. The molecule has 0 radical (unpaired) electrons. The molecule has 1 saturated carbocycles. The van der Waals surface area contributed by atoms with Crippen LogP contribution in [0.15, 0.2) is 30.3 Å². The Labute approximate surface area is 120 Å². The standard InChI is InChI=1S/C16H24N2O2/c17-10-13-8-4-5-9-14(13)16(20)18-11-15(19)12-6-2-1-3-7-12/h1-3,6-7,13-15,19H,4-5,8-11,17H2,(H,18,20). The summed E-state index contributed by atoms with van der Waals surface area (Å²) in [6.07, 6.45) is 3.55. The number of nitrogens with one attached hydrogen (secondary N) is 1. The molecule has 1 fully saturated rings. The molecule has 4 N–H and O–H groups in total.